The minimum Gasteiger partial charge on any atom is -0.334 e. The summed E-state index contributed by atoms with van der Waals surface area (Å²) in [7, 11) is 0. The lowest BCUT2D eigenvalue weighted by Crippen LogP contribution is -2.42. The highest BCUT2D eigenvalue weighted by Gasteiger charge is 2.42. The Hall–Kier alpha value is -1.53. The zero-order valence-electron chi connectivity index (χ0n) is 12.9. The van der Waals surface area contributed by atoms with Gasteiger partial charge in [0.15, 0.2) is 0 Å². The number of benzene rings is 1. The molecule has 1 aliphatic heterocycles. The van der Waals surface area contributed by atoms with Crippen molar-refractivity contribution in [2.45, 2.75) is 25.9 Å². The molecule has 0 spiro atoms. The smallest absolute Gasteiger partial charge is 0.334 e. The second kappa shape index (κ2) is 6.41. The molecule has 0 atom stereocenters. The predicted octanol–water partition coefficient (Wildman–Crippen LogP) is 4.87. The molecule has 3 rings (SSSR count). The number of fused-ring (bicyclic) bond motifs is 1. The molecule has 1 aliphatic rings. The van der Waals surface area contributed by atoms with Gasteiger partial charge in [0.2, 0.25) is 0 Å². The third kappa shape index (κ3) is 3.30. The maximum atomic E-state index is 12.7. The van der Waals surface area contributed by atoms with Crippen molar-refractivity contribution in [3.63, 3.8) is 0 Å². The van der Waals surface area contributed by atoms with E-state index in [1.165, 1.54) is 0 Å². The Balaban J connectivity index is 1.96. The molecule has 0 aliphatic carbocycles. The molecule has 0 radical (unpaired) electrons. The summed E-state index contributed by atoms with van der Waals surface area (Å²) in [4.78, 5) is 14.6. The van der Waals surface area contributed by atoms with Crippen molar-refractivity contribution in [2.24, 2.45) is 0 Å². The standard InChI is InChI=1S/C17H15ClF3NOS/c1-10-2-5-14(24-10)15-12-7-9-22(16(23)17(19,20)21)8-6-11(12)3-4-13(15)18/h2-5H,6-9H2,1H3. The number of amides is 1. The van der Waals surface area contributed by atoms with E-state index in [0.717, 1.165) is 31.3 Å². The first-order chi connectivity index (χ1) is 11.3. The lowest BCUT2D eigenvalue weighted by molar-refractivity contribution is -0.185. The Morgan fingerprint density at radius 2 is 1.88 bits per heavy atom. The SMILES string of the molecule is Cc1ccc(-c2c(Cl)ccc3c2CCN(C(=O)C(F)(F)F)CC3)s1. The second-order valence-corrected chi connectivity index (χ2v) is 7.46. The van der Waals surface area contributed by atoms with E-state index in [0.29, 0.717) is 17.9 Å². The monoisotopic (exact) mass is 373 g/mol. The van der Waals surface area contributed by atoms with Crippen LogP contribution in [0.4, 0.5) is 13.2 Å². The van der Waals surface area contributed by atoms with Gasteiger partial charge in [0.25, 0.3) is 0 Å². The van der Waals surface area contributed by atoms with Crippen LogP contribution in [0.5, 0.6) is 0 Å². The summed E-state index contributed by atoms with van der Waals surface area (Å²) in [5.74, 6) is -1.77. The molecule has 2 aromatic rings. The van der Waals surface area contributed by atoms with Crippen molar-refractivity contribution in [3.05, 3.63) is 45.3 Å². The molecule has 1 amide bonds. The van der Waals surface area contributed by atoms with E-state index in [2.05, 4.69) is 0 Å². The molecular formula is C17H15ClF3NOS. The summed E-state index contributed by atoms with van der Waals surface area (Å²) < 4.78 is 38.1. The zero-order chi connectivity index (χ0) is 17.5. The lowest BCUT2D eigenvalue weighted by Gasteiger charge is -2.21. The Bertz CT molecular complexity index is 785. The maximum Gasteiger partial charge on any atom is 0.471 e. The molecule has 0 saturated carbocycles. The highest BCUT2D eigenvalue weighted by atomic mass is 35.5. The number of rotatable bonds is 1. The number of carbonyl (C=O) groups is 1. The van der Waals surface area contributed by atoms with Gasteiger partial charge in [-0.05, 0) is 49.1 Å². The molecular weight excluding hydrogens is 359 g/mol. The van der Waals surface area contributed by atoms with Gasteiger partial charge in [0, 0.05) is 33.4 Å². The quantitative estimate of drug-likeness (QED) is 0.698. The lowest BCUT2D eigenvalue weighted by atomic mass is 9.96. The molecule has 2 heterocycles. The van der Waals surface area contributed by atoms with Crippen molar-refractivity contribution >= 4 is 28.8 Å². The van der Waals surface area contributed by atoms with E-state index in [4.69, 9.17) is 11.6 Å². The van der Waals surface area contributed by atoms with Crippen LogP contribution in [0.2, 0.25) is 5.02 Å². The molecule has 0 unspecified atom stereocenters. The summed E-state index contributed by atoms with van der Waals surface area (Å²) in [6.45, 7) is 2.10. The van der Waals surface area contributed by atoms with Crippen LogP contribution in [0.1, 0.15) is 16.0 Å². The number of halogens is 4. The molecule has 128 valence electrons. The Morgan fingerprint density at radius 1 is 1.17 bits per heavy atom. The van der Waals surface area contributed by atoms with Crippen molar-refractivity contribution in [1.82, 2.24) is 4.90 Å². The fourth-order valence-electron chi connectivity index (χ4n) is 3.01. The first kappa shape index (κ1) is 17.3. The molecule has 0 bridgehead atoms. The minimum absolute atomic E-state index is 0.0447. The minimum atomic E-state index is -4.83. The highest BCUT2D eigenvalue weighted by Crippen LogP contribution is 2.39. The van der Waals surface area contributed by atoms with Crippen LogP contribution in [0, 0.1) is 6.92 Å². The van der Waals surface area contributed by atoms with Gasteiger partial charge in [0.05, 0.1) is 0 Å². The maximum absolute atomic E-state index is 12.7. The van der Waals surface area contributed by atoms with Gasteiger partial charge < -0.3 is 4.90 Å². The average molecular weight is 374 g/mol. The summed E-state index contributed by atoms with van der Waals surface area (Å²) in [5, 5.41) is 0.589. The van der Waals surface area contributed by atoms with Gasteiger partial charge in [-0.15, -0.1) is 11.3 Å². The number of hydrogen-bond donors (Lipinski definition) is 0. The number of nitrogens with zero attached hydrogens (tertiary/aromatic N) is 1. The largest absolute Gasteiger partial charge is 0.471 e. The Labute approximate surface area is 146 Å². The van der Waals surface area contributed by atoms with Crippen LogP contribution in [0.25, 0.3) is 10.4 Å². The number of hydrogen-bond acceptors (Lipinski definition) is 2. The normalized spacial score (nSPS) is 15.1. The van der Waals surface area contributed by atoms with Gasteiger partial charge in [0.1, 0.15) is 0 Å². The van der Waals surface area contributed by atoms with Gasteiger partial charge in [-0.1, -0.05) is 17.7 Å². The molecule has 1 aromatic carbocycles. The number of carbonyl (C=O) groups excluding carboxylic acids is 1. The Morgan fingerprint density at radius 3 is 2.50 bits per heavy atom. The molecule has 1 aromatic heterocycles. The predicted molar refractivity (Wildman–Crippen MR) is 89.5 cm³/mol. The van der Waals surface area contributed by atoms with Crippen LogP contribution < -0.4 is 0 Å². The fraction of sp³-hybridized carbons (Fsp3) is 0.353. The van der Waals surface area contributed by atoms with Gasteiger partial charge in [-0.3, -0.25) is 4.79 Å². The Kier molecular flexibility index (Phi) is 4.62. The van der Waals surface area contributed by atoms with Crippen molar-refractivity contribution < 1.29 is 18.0 Å². The molecule has 0 saturated heterocycles. The molecule has 24 heavy (non-hydrogen) atoms. The number of thiophene rings is 1. The van der Waals surface area contributed by atoms with E-state index < -0.39 is 12.1 Å². The molecule has 7 heteroatoms. The summed E-state index contributed by atoms with van der Waals surface area (Å²) in [5.41, 5.74) is 2.79. The summed E-state index contributed by atoms with van der Waals surface area (Å²) in [6.07, 6.45) is -4.07. The van der Waals surface area contributed by atoms with Gasteiger partial charge in [-0.25, -0.2) is 0 Å². The van der Waals surface area contributed by atoms with Crippen LogP contribution in [-0.4, -0.2) is 30.1 Å². The van der Waals surface area contributed by atoms with E-state index >= 15 is 0 Å². The van der Waals surface area contributed by atoms with E-state index in [9.17, 15) is 18.0 Å². The van der Waals surface area contributed by atoms with E-state index in [1.54, 1.807) is 17.4 Å². The van der Waals surface area contributed by atoms with Crippen LogP contribution in [-0.2, 0) is 17.6 Å². The third-order valence-corrected chi connectivity index (χ3v) is 5.49. The summed E-state index contributed by atoms with van der Waals surface area (Å²) >= 11 is 7.98. The van der Waals surface area contributed by atoms with Gasteiger partial charge in [-0.2, -0.15) is 13.2 Å². The second-order valence-electron chi connectivity index (χ2n) is 5.76. The fourth-order valence-corrected chi connectivity index (χ4v) is 4.30. The van der Waals surface area contributed by atoms with Crippen LogP contribution >= 0.6 is 22.9 Å². The third-order valence-electron chi connectivity index (χ3n) is 4.16. The zero-order valence-corrected chi connectivity index (χ0v) is 14.5. The number of alkyl halides is 3. The van der Waals surface area contributed by atoms with Crippen molar-refractivity contribution in [1.29, 1.82) is 0 Å². The molecule has 0 fully saturated rings. The summed E-state index contributed by atoms with van der Waals surface area (Å²) in [6, 6.07) is 7.60. The van der Waals surface area contributed by atoms with Crippen molar-refractivity contribution in [2.75, 3.05) is 13.1 Å². The first-order valence-electron chi connectivity index (χ1n) is 7.50. The molecule has 0 N–H and O–H groups in total. The highest BCUT2D eigenvalue weighted by molar-refractivity contribution is 7.15. The molecule has 2 nitrogen and oxygen atoms in total. The van der Waals surface area contributed by atoms with Gasteiger partial charge >= 0.3 is 12.1 Å². The van der Waals surface area contributed by atoms with E-state index in [-0.39, 0.29) is 13.1 Å². The van der Waals surface area contributed by atoms with Crippen LogP contribution in [0.3, 0.4) is 0 Å². The van der Waals surface area contributed by atoms with E-state index in [1.807, 2.05) is 25.1 Å². The van der Waals surface area contributed by atoms with Crippen LogP contribution in [0.15, 0.2) is 24.3 Å². The first-order valence-corrected chi connectivity index (χ1v) is 8.70. The number of aryl methyl sites for hydroxylation is 1. The average Bonchev–Trinajstić information content (AvgIpc) is 2.81. The van der Waals surface area contributed by atoms with Crippen molar-refractivity contribution in [3.8, 4) is 10.4 Å². The topological polar surface area (TPSA) is 20.3 Å².